The van der Waals surface area contributed by atoms with Crippen molar-refractivity contribution < 1.29 is 28.6 Å². The molecule has 1 aromatic carbocycles. The maximum Gasteiger partial charge on any atom is 0.355 e. The van der Waals surface area contributed by atoms with E-state index in [0.717, 1.165) is 0 Å². The Morgan fingerprint density at radius 3 is 2.36 bits per heavy atom. The number of nitrogens with zero attached hydrogens (tertiary/aromatic N) is 1. The minimum absolute atomic E-state index is 0.00920. The van der Waals surface area contributed by atoms with Gasteiger partial charge in [-0.05, 0) is 24.3 Å². The number of amides is 1. The highest BCUT2D eigenvalue weighted by Crippen LogP contribution is 2.35. The van der Waals surface area contributed by atoms with E-state index in [4.69, 9.17) is 14.2 Å². The minimum atomic E-state index is -0.743. The van der Waals surface area contributed by atoms with Crippen LogP contribution in [0, 0.1) is 0 Å². The van der Waals surface area contributed by atoms with Crippen molar-refractivity contribution in [1.29, 1.82) is 0 Å². The Labute approximate surface area is 163 Å². The summed E-state index contributed by atoms with van der Waals surface area (Å²) in [7, 11) is 3.94. The number of benzene rings is 1. The van der Waals surface area contributed by atoms with Crippen molar-refractivity contribution in [2.45, 2.75) is 13.3 Å². The Morgan fingerprint density at radius 1 is 1.04 bits per heavy atom. The van der Waals surface area contributed by atoms with Gasteiger partial charge in [0, 0.05) is 18.7 Å². The molecule has 0 unspecified atom stereocenters. The van der Waals surface area contributed by atoms with Crippen LogP contribution in [0.3, 0.4) is 0 Å². The quantitative estimate of drug-likeness (QED) is 0.751. The first kappa shape index (κ1) is 20.8. The molecule has 0 saturated carbocycles. The van der Waals surface area contributed by atoms with Gasteiger partial charge in [-0.25, -0.2) is 9.59 Å². The summed E-state index contributed by atoms with van der Waals surface area (Å²) in [6, 6.07) is 4.97. The standard InChI is InChI=1S/C20H22N2O6/c1-5-17(23)21-15-10-9-13(26-2)12-16(15)22-11-7-6-8-14(19(24)27-3)18(22)20(25)28-4/h6-12H,5H2,1-4H3,(H,21,23). The normalized spacial score (nSPS) is 13.1. The van der Waals surface area contributed by atoms with Gasteiger partial charge < -0.3 is 24.4 Å². The van der Waals surface area contributed by atoms with E-state index in [0.29, 0.717) is 17.1 Å². The molecule has 148 valence electrons. The molecule has 0 spiro atoms. The minimum Gasteiger partial charge on any atom is -0.497 e. The molecule has 8 nitrogen and oxygen atoms in total. The van der Waals surface area contributed by atoms with Crippen LogP contribution in [0.2, 0.25) is 0 Å². The van der Waals surface area contributed by atoms with Gasteiger partial charge in [-0.15, -0.1) is 0 Å². The largest absolute Gasteiger partial charge is 0.497 e. The van der Waals surface area contributed by atoms with Crippen LogP contribution in [0.5, 0.6) is 5.75 Å². The molecule has 0 atom stereocenters. The van der Waals surface area contributed by atoms with Gasteiger partial charge in [-0.1, -0.05) is 13.0 Å². The highest BCUT2D eigenvalue weighted by atomic mass is 16.5. The maximum absolute atomic E-state index is 12.6. The van der Waals surface area contributed by atoms with E-state index < -0.39 is 11.9 Å². The van der Waals surface area contributed by atoms with E-state index in [-0.39, 0.29) is 23.6 Å². The van der Waals surface area contributed by atoms with Crippen molar-refractivity contribution in [3.63, 3.8) is 0 Å². The van der Waals surface area contributed by atoms with Crippen molar-refractivity contribution >= 4 is 29.2 Å². The van der Waals surface area contributed by atoms with Crippen LogP contribution in [0.15, 0.2) is 53.9 Å². The predicted octanol–water partition coefficient (Wildman–Crippen LogP) is 2.53. The number of hydrogen-bond donors (Lipinski definition) is 1. The maximum atomic E-state index is 12.6. The molecule has 0 aromatic heterocycles. The summed E-state index contributed by atoms with van der Waals surface area (Å²) in [4.78, 5) is 38.2. The molecule has 1 heterocycles. The van der Waals surface area contributed by atoms with Gasteiger partial charge in [0.2, 0.25) is 5.91 Å². The van der Waals surface area contributed by atoms with Crippen molar-refractivity contribution in [2.75, 3.05) is 31.5 Å². The molecule has 1 N–H and O–H groups in total. The highest BCUT2D eigenvalue weighted by molar-refractivity contribution is 6.06. The first-order valence-electron chi connectivity index (χ1n) is 8.49. The molecular formula is C20H22N2O6. The first-order valence-corrected chi connectivity index (χ1v) is 8.49. The Bertz CT molecular complexity index is 869. The SMILES string of the molecule is CCC(=O)Nc1ccc(OC)cc1N1C=CC=CC(C(=O)OC)=C1C(=O)OC. The number of rotatable bonds is 6. The van der Waals surface area contributed by atoms with Gasteiger partial charge in [0.1, 0.15) is 11.4 Å². The lowest BCUT2D eigenvalue weighted by molar-refractivity contribution is -0.139. The lowest BCUT2D eigenvalue weighted by atomic mass is 10.1. The number of allylic oxidation sites excluding steroid dienone is 2. The van der Waals surface area contributed by atoms with E-state index >= 15 is 0 Å². The summed E-state index contributed by atoms with van der Waals surface area (Å²) in [5.41, 5.74) is 0.808. The van der Waals surface area contributed by atoms with Gasteiger partial charge in [0.05, 0.1) is 38.3 Å². The molecule has 28 heavy (non-hydrogen) atoms. The van der Waals surface area contributed by atoms with Crippen LogP contribution in [-0.2, 0) is 23.9 Å². The number of anilines is 2. The molecule has 8 heteroatoms. The second kappa shape index (κ2) is 9.40. The molecule has 2 rings (SSSR count). The smallest absolute Gasteiger partial charge is 0.355 e. The molecule has 0 radical (unpaired) electrons. The number of carbonyl (C=O) groups excluding carboxylic acids is 3. The topological polar surface area (TPSA) is 94.2 Å². The second-order valence-corrected chi connectivity index (χ2v) is 5.60. The lowest BCUT2D eigenvalue weighted by Gasteiger charge is -2.26. The van der Waals surface area contributed by atoms with Crippen LogP contribution in [0.4, 0.5) is 11.4 Å². The number of nitrogens with one attached hydrogen (secondary N) is 1. The van der Waals surface area contributed by atoms with Crippen molar-refractivity contribution in [3.05, 3.63) is 53.9 Å². The van der Waals surface area contributed by atoms with E-state index in [1.165, 1.54) is 32.3 Å². The van der Waals surface area contributed by atoms with Gasteiger partial charge in [0.15, 0.2) is 0 Å². The Morgan fingerprint density at radius 2 is 1.75 bits per heavy atom. The first-order chi connectivity index (χ1) is 13.5. The predicted molar refractivity (Wildman–Crippen MR) is 104 cm³/mol. The fourth-order valence-corrected chi connectivity index (χ4v) is 2.53. The zero-order valence-corrected chi connectivity index (χ0v) is 16.1. The summed E-state index contributed by atoms with van der Waals surface area (Å²) < 4.78 is 15.0. The number of esters is 2. The lowest BCUT2D eigenvalue weighted by Crippen LogP contribution is -2.28. The van der Waals surface area contributed by atoms with Crippen molar-refractivity contribution in [1.82, 2.24) is 0 Å². The van der Waals surface area contributed by atoms with Gasteiger partial charge in [-0.3, -0.25) is 4.79 Å². The van der Waals surface area contributed by atoms with E-state index in [1.807, 2.05) is 0 Å². The third-order valence-electron chi connectivity index (χ3n) is 3.95. The molecule has 0 bridgehead atoms. The Hall–Kier alpha value is -3.55. The van der Waals surface area contributed by atoms with E-state index in [9.17, 15) is 14.4 Å². The molecule has 0 fully saturated rings. The zero-order chi connectivity index (χ0) is 20.7. The fraction of sp³-hybridized carbons (Fsp3) is 0.250. The summed E-state index contributed by atoms with van der Waals surface area (Å²) in [6.45, 7) is 1.73. The second-order valence-electron chi connectivity index (χ2n) is 5.60. The van der Waals surface area contributed by atoms with Gasteiger partial charge in [0.25, 0.3) is 0 Å². The van der Waals surface area contributed by atoms with Gasteiger partial charge in [-0.2, -0.15) is 0 Å². The molecule has 1 amide bonds. The van der Waals surface area contributed by atoms with E-state index in [2.05, 4.69) is 5.32 Å². The van der Waals surface area contributed by atoms with Crippen LogP contribution >= 0.6 is 0 Å². The molecular weight excluding hydrogens is 364 g/mol. The average molecular weight is 386 g/mol. The molecule has 1 aromatic rings. The molecule has 1 aliphatic heterocycles. The number of ether oxygens (including phenoxy) is 3. The fourth-order valence-electron chi connectivity index (χ4n) is 2.53. The van der Waals surface area contributed by atoms with Gasteiger partial charge >= 0.3 is 11.9 Å². The van der Waals surface area contributed by atoms with Crippen molar-refractivity contribution in [2.24, 2.45) is 0 Å². The number of hydrogen-bond acceptors (Lipinski definition) is 7. The van der Waals surface area contributed by atoms with Crippen LogP contribution < -0.4 is 15.0 Å². The van der Waals surface area contributed by atoms with Crippen molar-refractivity contribution in [3.8, 4) is 5.75 Å². The van der Waals surface area contributed by atoms with Crippen LogP contribution in [0.25, 0.3) is 0 Å². The summed E-state index contributed by atoms with van der Waals surface area (Å²) in [5, 5.41) is 2.78. The van der Waals surface area contributed by atoms with Crippen LogP contribution in [-0.4, -0.2) is 39.2 Å². The monoisotopic (exact) mass is 386 g/mol. The summed E-state index contributed by atoms with van der Waals surface area (Å²) >= 11 is 0. The summed E-state index contributed by atoms with van der Waals surface area (Å²) in [6.07, 6.45) is 6.55. The molecule has 0 aliphatic carbocycles. The van der Waals surface area contributed by atoms with Crippen LogP contribution in [0.1, 0.15) is 13.3 Å². The summed E-state index contributed by atoms with van der Waals surface area (Å²) in [5.74, 6) is -1.15. The zero-order valence-electron chi connectivity index (χ0n) is 16.1. The average Bonchev–Trinajstić information content (AvgIpc) is 2.95. The van der Waals surface area contributed by atoms with E-state index in [1.54, 1.807) is 43.5 Å². The number of methoxy groups -OCH3 is 3. The molecule has 1 aliphatic rings. The Kier molecular flexibility index (Phi) is 6.97. The third kappa shape index (κ3) is 4.40. The third-order valence-corrected chi connectivity index (χ3v) is 3.95. The Balaban J connectivity index is 2.73. The number of carbonyl (C=O) groups is 3. The molecule has 0 saturated heterocycles. The highest BCUT2D eigenvalue weighted by Gasteiger charge is 2.29.